The number of rotatable bonds is 5. The molecule has 2 heterocycles. The number of ether oxygens (including phenoxy) is 4. The van der Waals surface area contributed by atoms with E-state index >= 15 is 0 Å². The highest BCUT2D eigenvalue weighted by atomic mass is 16.7. The van der Waals surface area contributed by atoms with Crippen molar-refractivity contribution in [2.75, 3.05) is 13.2 Å². The summed E-state index contributed by atoms with van der Waals surface area (Å²) in [5.74, 6) is -0.786. The van der Waals surface area contributed by atoms with E-state index in [4.69, 9.17) is 24.1 Å². The lowest BCUT2D eigenvalue weighted by Gasteiger charge is -2.45. The molecule has 0 amide bonds. The number of carbonyl (C=O) groups excluding carboxylic acids is 1. The third-order valence-electron chi connectivity index (χ3n) is 4.24. The molecule has 0 aliphatic carbocycles. The van der Waals surface area contributed by atoms with Crippen LogP contribution in [0.25, 0.3) is 0 Å². The van der Waals surface area contributed by atoms with Gasteiger partial charge in [-0.15, -0.1) is 0 Å². The molecule has 2 saturated heterocycles. The van der Waals surface area contributed by atoms with Crippen LogP contribution >= 0.6 is 0 Å². The van der Waals surface area contributed by atoms with Gasteiger partial charge < -0.3 is 54.7 Å². The molecular weight excluding hydrogens is 360 g/mol. The fourth-order valence-electron chi connectivity index (χ4n) is 2.82. The second-order valence-electron chi connectivity index (χ2n) is 6.11. The van der Waals surface area contributed by atoms with E-state index in [1.54, 1.807) is 0 Å². The van der Waals surface area contributed by atoms with Crippen LogP contribution in [-0.4, -0.2) is 116 Å². The molecule has 0 radical (unpaired) electrons. The lowest BCUT2D eigenvalue weighted by Crippen LogP contribution is -2.64. The van der Waals surface area contributed by atoms with Crippen LogP contribution in [-0.2, 0) is 23.7 Å². The first-order valence-electron chi connectivity index (χ1n) is 7.96. The Kier molecular flexibility index (Phi) is 7.27. The predicted octanol–water partition coefficient (Wildman–Crippen LogP) is -4.83. The number of aliphatic hydroxyl groups is 7. The van der Waals surface area contributed by atoms with Crippen molar-refractivity contribution in [2.24, 2.45) is 0 Å². The second kappa shape index (κ2) is 8.84. The molecular formula is C14H24O12. The van der Waals surface area contributed by atoms with E-state index in [0.717, 1.165) is 6.92 Å². The molecule has 0 spiro atoms. The molecule has 26 heavy (non-hydrogen) atoms. The van der Waals surface area contributed by atoms with Crippen LogP contribution in [0.3, 0.4) is 0 Å². The van der Waals surface area contributed by atoms with Gasteiger partial charge in [0.1, 0.15) is 48.8 Å². The van der Waals surface area contributed by atoms with E-state index in [1.165, 1.54) is 0 Å². The van der Waals surface area contributed by atoms with Crippen molar-refractivity contribution in [3.05, 3.63) is 0 Å². The van der Waals surface area contributed by atoms with Crippen LogP contribution in [0.2, 0.25) is 0 Å². The van der Waals surface area contributed by atoms with Crippen molar-refractivity contribution in [1.82, 2.24) is 0 Å². The fraction of sp³-hybridized carbons (Fsp3) is 0.929. The van der Waals surface area contributed by atoms with Crippen molar-refractivity contribution in [1.29, 1.82) is 0 Å². The Morgan fingerprint density at radius 2 is 1.35 bits per heavy atom. The van der Waals surface area contributed by atoms with Crippen molar-refractivity contribution in [2.45, 2.75) is 68.3 Å². The highest BCUT2D eigenvalue weighted by Gasteiger charge is 2.51. The van der Waals surface area contributed by atoms with Crippen molar-refractivity contribution >= 4 is 5.97 Å². The van der Waals surface area contributed by atoms with Crippen LogP contribution in [0.1, 0.15) is 6.92 Å². The van der Waals surface area contributed by atoms with Gasteiger partial charge in [0.2, 0.25) is 6.29 Å². The largest absolute Gasteiger partial charge is 0.433 e. The Bertz CT molecular complexity index is 471. The normalized spacial score (nSPS) is 46.8. The quantitative estimate of drug-likeness (QED) is 0.224. The molecule has 10 atom stereocenters. The summed E-state index contributed by atoms with van der Waals surface area (Å²) in [6.45, 7) is -0.328. The Balaban J connectivity index is 2.12. The van der Waals surface area contributed by atoms with E-state index < -0.39 is 80.6 Å². The maximum absolute atomic E-state index is 11.0. The Morgan fingerprint density at radius 1 is 0.808 bits per heavy atom. The van der Waals surface area contributed by atoms with Gasteiger partial charge in [-0.1, -0.05) is 0 Å². The molecule has 0 saturated carbocycles. The van der Waals surface area contributed by atoms with Crippen LogP contribution in [0.5, 0.6) is 0 Å². The van der Waals surface area contributed by atoms with E-state index in [2.05, 4.69) is 0 Å². The van der Waals surface area contributed by atoms with Gasteiger partial charge in [-0.3, -0.25) is 4.79 Å². The molecule has 12 nitrogen and oxygen atoms in total. The molecule has 2 aliphatic heterocycles. The van der Waals surface area contributed by atoms with Crippen molar-refractivity contribution < 1.29 is 59.5 Å². The van der Waals surface area contributed by atoms with Gasteiger partial charge in [0.15, 0.2) is 6.29 Å². The fourth-order valence-corrected chi connectivity index (χ4v) is 2.82. The summed E-state index contributed by atoms with van der Waals surface area (Å²) in [7, 11) is 0. The maximum Gasteiger partial charge on any atom is 0.305 e. The van der Waals surface area contributed by atoms with E-state index in [9.17, 15) is 35.4 Å². The number of esters is 1. The zero-order chi connectivity index (χ0) is 19.6. The standard InChI is InChI=1S/C14H24O12/c1-4(17)23-13-11(22)9(20)12(6(3-16)25-13)26-14-10(21)8(19)7(18)5(2-15)24-14/h5-16,18-22H,2-3H2,1H3/t5-,6-,7+,8+,9-,10-,11-,12-,13?,14+/m1/s1. The summed E-state index contributed by atoms with van der Waals surface area (Å²) < 4.78 is 20.4. The number of hydrogen-bond donors (Lipinski definition) is 7. The monoisotopic (exact) mass is 384 g/mol. The Hall–Kier alpha value is -0.930. The van der Waals surface area contributed by atoms with Gasteiger partial charge in [0.25, 0.3) is 0 Å². The highest BCUT2D eigenvalue weighted by Crippen LogP contribution is 2.29. The number of hydrogen-bond acceptors (Lipinski definition) is 12. The summed E-state index contributed by atoms with van der Waals surface area (Å²) in [6, 6.07) is 0. The number of carbonyl (C=O) groups is 1. The third-order valence-corrected chi connectivity index (χ3v) is 4.24. The molecule has 0 aromatic rings. The van der Waals surface area contributed by atoms with Crippen LogP contribution in [0.15, 0.2) is 0 Å². The van der Waals surface area contributed by atoms with Gasteiger partial charge in [-0.05, 0) is 0 Å². The van der Waals surface area contributed by atoms with Gasteiger partial charge in [0, 0.05) is 6.92 Å². The first-order valence-corrected chi connectivity index (χ1v) is 7.96. The minimum absolute atomic E-state index is 0.685. The van der Waals surface area contributed by atoms with E-state index in [0.29, 0.717) is 0 Å². The summed E-state index contributed by atoms with van der Waals surface area (Å²) in [4.78, 5) is 11.0. The van der Waals surface area contributed by atoms with Gasteiger partial charge in [-0.25, -0.2) is 0 Å². The lowest BCUT2D eigenvalue weighted by molar-refractivity contribution is -0.355. The summed E-state index contributed by atoms with van der Waals surface area (Å²) in [5, 5.41) is 68.3. The molecule has 152 valence electrons. The molecule has 1 unspecified atom stereocenters. The van der Waals surface area contributed by atoms with E-state index in [-0.39, 0.29) is 0 Å². The predicted molar refractivity (Wildman–Crippen MR) is 78.2 cm³/mol. The zero-order valence-electron chi connectivity index (χ0n) is 13.9. The molecule has 0 bridgehead atoms. The highest BCUT2D eigenvalue weighted by molar-refractivity contribution is 5.66. The average Bonchev–Trinajstić information content (AvgIpc) is 2.60. The van der Waals surface area contributed by atoms with Crippen molar-refractivity contribution in [3.8, 4) is 0 Å². The molecule has 0 aromatic carbocycles. The zero-order valence-corrected chi connectivity index (χ0v) is 13.9. The lowest BCUT2D eigenvalue weighted by atomic mass is 9.97. The summed E-state index contributed by atoms with van der Waals surface area (Å²) in [5.41, 5.74) is 0. The maximum atomic E-state index is 11.0. The minimum atomic E-state index is -1.75. The molecule has 12 heteroatoms. The smallest absolute Gasteiger partial charge is 0.305 e. The summed E-state index contributed by atoms with van der Waals surface area (Å²) >= 11 is 0. The molecule has 2 aliphatic rings. The molecule has 0 aromatic heterocycles. The van der Waals surface area contributed by atoms with Crippen LogP contribution in [0, 0.1) is 0 Å². The third kappa shape index (κ3) is 4.31. The molecule has 7 N–H and O–H groups in total. The van der Waals surface area contributed by atoms with Crippen molar-refractivity contribution in [3.63, 3.8) is 0 Å². The Morgan fingerprint density at radius 3 is 1.88 bits per heavy atom. The van der Waals surface area contributed by atoms with E-state index in [1.807, 2.05) is 0 Å². The topological polar surface area (TPSA) is 196 Å². The Labute approximate surface area is 148 Å². The van der Waals surface area contributed by atoms with Gasteiger partial charge in [0.05, 0.1) is 13.2 Å². The van der Waals surface area contributed by atoms with Gasteiger partial charge >= 0.3 is 5.97 Å². The minimum Gasteiger partial charge on any atom is -0.433 e. The number of aliphatic hydroxyl groups excluding tert-OH is 7. The molecule has 2 fully saturated rings. The first kappa shape index (κ1) is 21.4. The van der Waals surface area contributed by atoms with Crippen LogP contribution < -0.4 is 0 Å². The van der Waals surface area contributed by atoms with Crippen LogP contribution in [0.4, 0.5) is 0 Å². The first-order chi connectivity index (χ1) is 12.2. The second-order valence-corrected chi connectivity index (χ2v) is 6.11. The van der Waals surface area contributed by atoms with Gasteiger partial charge in [-0.2, -0.15) is 0 Å². The summed E-state index contributed by atoms with van der Waals surface area (Å²) in [6.07, 6.45) is -15.6. The molecule has 2 rings (SSSR count). The SMILES string of the molecule is CC(=O)OC1O[C@H](CO)[C@@H](O[C@@H]2O[C@H](CO)[C@H](O)[C@H](O)[C@H]2O)[C@H](O)[C@H]1O. The average molecular weight is 384 g/mol.